The Balaban J connectivity index is 2.13. The summed E-state index contributed by atoms with van der Waals surface area (Å²) in [6, 6.07) is 4.04. The van der Waals surface area contributed by atoms with Crippen molar-refractivity contribution in [2.45, 2.75) is 44.6 Å². The Kier molecular flexibility index (Phi) is 4.60. The molecule has 0 aliphatic heterocycles. The Morgan fingerprint density at radius 2 is 2.05 bits per heavy atom. The van der Waals surface area contributed by atoms with Crippen molar-refractivity contribution in [1.29, 1.82) is 0 Å². The third-order valence-electron chi connectivity index (χ3n) is 3.76. The predicted molar refractivity (Wildman–Crippen MR) is 73.9 cm³/mol. The van der Waals surface area contributed by atoms with Crippen LogP contribution in [0.4, 0.5) is 4.39 Å². The van der Waals surface area contributed by atoms with E-state index in [1.807, 2.05) is 0 Å². The molecule has 0 bridgehead atoms. The van der Waals surface area contributed by atoms with Crippen LogP contribution < -0.4 is 4.74 Å². The molecule has 1 aromatic carbocycles. The molecule has 0 heterocycles. The molecule has 0 radical (unpaired) electrons. The van der Waals surface area contributed by atoms with Crippen molar-refractivity contribution in [2.75, 3.05) is 6.61 Å². The van der Waals surface area contributed by atoms with E-state index in [4.69, 9.17) is 9.94 Å². The second kappa shape index (κ2) is 6.22. The molecule has 1 aromatic rings. The van der Waals surface area contributed by atoms with Gasteiger partial charge in [-0.3, -0.25) is 0 Å². The minimum atomic E-state index is -0.811. The predicted octanol–water partition coefficient (Wildman–Crippen LogP) is 3.10. The van der Waals surface area contributed by atoms with E-state index in [9.17, 15) is 9.50 Å². The van der Waals surface area contributed by atoms with Crippen molar-refractivity contribution < 1.29 is 19.4 Å². The number of aliphatic hydroxyl groups is 1. The minimum absolute atomic E-state index is 0.171. The Hall–Kier alpha value is -1.62. The first kappa shape index (κ1) is 14.8. The summed E-state index contributed by atoms with van der Waals surface area (Å²) >= 11 is 0. The fourth-order valence-corrected chi connectivity index (χ4v) is 2.53. The van der Waals surface area contributed by atoms with Crippen LogP contribution in [0.5, 0.6) is 5.75 Å². The zero-order chi connectivity index (χ0) is 14.6. The van der Waals surface area contributed by atoms with Gasteiger partial charge < -0.3 is 15.1 Å². The van der Waals surface area contributed by atoms with Crippen LogP contribution in [0.3, 0.4) is 0 Å². The van der Waals surface area contributed by atoms with E-state index < -0.39 is 11.4 Å². The van der Waals surface area contributed by atoms with Gasteiger partial charge in [0.1, 0.15) is 18.2 Å². The molecule has 1 saturated carbocycles. The van der Waals surface area contributed by atoms with E-state index in [1.165, 1.54) is 18.2 Å². The van der Waals surface area contributed by atoms with Crippen LogP contribution in [-0.2, 0) is 0 Å². The lowest BCUT2D eigenvalue weighted by Crippen LogP contribution is -2.38. The number of hydrogen-bond acceptors (Lipinski definition) is 4. The maximum atomic E-state index is 13.3. The zero-order valence-corrected chi connectivity index (χ0v) is 11.6. The maximum absolute atomic E-state index is 13.3. The summed E-state index contributed by atoms with van der Waals surface area (Å²) in [5.74, 6) is -0.00701. The highest BCUT2D eigenvalue weighted by Crippen LogP contribution is 2.30. The van der Waals surface area contributed by atoms with Gasteiger partial charge in [-0.1, -0.05) is 24.4 Å². The number of rotatable bonds is 4. The molecule has 0 atom stereocenters. The molecule has 1 fully saturated rings. The normalized spacial score (nSPS) is 18.9. The zero-order valence-electron chi connectivity index (χ0n) is 11.6. The number of oxime groups is 1. The van der Waals surface area contributed by atoms with Crippen molar-refractivity contribution >= 4 is 5.71 Å². The number of hydrogen-bond donors (Lipinski definition) is 2. The lowest BCUT2D eigenvalue weighted by atomic mass is 9.85. The summed E-state index contributed by atoms with van der Waals surface area (Å²) in [5.41, 5.74) is -0.143. The summed E-state index contributed by atoms with van der Waals surface area (Å²) in [6.45, 7) is 1.74. The van der Waals surface area contributed by atoms with Gasteiger partial charge in [-0.25, -0.2) is 4.39 Å². The number of nitrogens with zero attached hydrogens (tertiary/aromatic N) is 1. The van der Waals surface area contributed by atoms with Crippen LogP contribution in [0.15, 0.2) is 23.4 Å². The maximum Gasteiger partial charge on any atom is 0.128 e. The van der Waals surface area contributed by atoms with Gasteiger partial charge >= 0.3 is 0 Å². The van der Waals surface area contributed by atoms with E-state index in [1.54, 1.807) is 6.92 Å². The van der Waals surface area contributed by atoms with Crippen molar-refractivity contribution in [1.82, 2.24) is 0 Å². The van der Waals surface area contributed by atoms with E-state index in [0.717, 1.165) is 32.1 Å². The fourth-order valence-electron chi connectivity index (χ4n) is 2.53. The van der Waals surface area contributed by atoms with Gasteiger partial charge in [0.2, 0.25) is 0 Å². The topological polar surface area (TPSA) is 62.1 Å². The van der Waals surface area contributed by atoms with Crippen LogP contribution >= 0.6 is 0 Å². The van der Waals surface area contributed by atoms with E-state index in [2.05, 4.69) is 5.16 Å². The third-order valence-corrected chi connectivity index (χ3v) is 3.76. The van der Waals surface area contributed by atoms with Crippen LogP contribution in [0.2, 0.25) is 0 Å². The molecule has 110 valence electrons. The smallest absolute Gasteiger partial charge is 0.128 e. The fraction of sp³-hybridized carbons (Fsp3) is 0.533. The van der Waals surface area contributed by atoms with Crippen molar-refractivity contribution in [3.63, 3.8) is 0 Å². The molecule has 20 heavy (non-hydrogen) atoms. The highest BCUT2D eigenvalue weighted by atomic mass is 19.1. The first-order chi connectivity index (χ1) is 9.54. The van der Waals surface area contributed by atoms with Crippen molar-refractivity contribution in [2.24, 2.45) is 5.16 Å². The molecule has 4 nitrogen and oxygen atoms in total. The molecular weight excluding hydrogens is 261 g/mol. The molecular formula is C15H20FNO3. The molecule has 5 heteroatoms. The van der Waals surface area contributed by atoms with Crippen LogP contribution in [0.25, 0.3) is 0 Å². The first-order valence-electron chi connectivity index (χ1n) is 6.88. The Labute approximate surface area is 117 Å². The van der Waals surface area contributed by atoms with Gasteiger partial charge in [0.05, 0.1) is 11.3 Å². The lowest BCUT2D eigenvalue weighted by molar-refractivity contribution is -0.0339. The molecule has 0 aromatic heterocycles. The number of halogens is 1. The SMILES string of the molecule is C/C(=N/O)c1cc(F)ccc1OCC1(O)CCCCC1. The summed E-state index contributed by atoms with van der Waals surface area (Å²) in [6.07, 6.45) is 4.56. The number of ether oxygens (including phenoxy) is 1. The average molecular weight is 281 g/mol. The van der Waals surface area contributed by atoms with Crippen molar-refractivity contribution in [3.05, 3.63) is 29.6 Å². The lowest BCUT2D eigenvalue weighted by Gasteiger charge is -2.31. The van der Waals surface area contributed by atoms with Crippen LogP contribution in [0, 0.1) is 5.82 Å². The molecule has 2 rings (SSSR count). The second-order valence-corrected chi connectivity index (χ2v) is 5.40. The highest BCUT2D eigenvalue weighted by molar-refractivity contribution is 6.00. The summed E-state index contributed by atoms with van der Waals surface area (Å²) in [4.78, 5) is 0. The first-order valence-corrected chi connectivity index (χ1v) is 6.88. The molecule has 0 saturated heterocycles. The minimum Gasteiger partial charge on any atom is -0.490 e. The monoisotopic (exact) mass is 281 g/mol. The molecule has 0 spiro atoms. The van der Waals surface area contributed by atoms with Crippen LogP contribution in [0.1, 0.15) is 44.6 Å². The quantitative estimate of drug-likeness (QED) is 0.506. The van der Waals surface area contributed by atoms with E-state index in [0.29, 0.717) is 11.3 Å². The molecule has 2 N–H and O–H groups in total. The van der Waals surface area contributed by atoms with Crippen LogP contribution in [-0.4, -0.2) is 28.2 Å². The van der Waals surface area contributed by atoms with Gasteiger partial charge in [0, 0.05) is 5.56 Å². The molecule has 1 aliphatic carbocycles. The summed E-state index contributed by atoms with van der Waals surface area (Å²) in [7, 11) is 0. The third kappa shape index (κ3) is 3.48. The van der Waals surface area contributed by atoms with E-state index >= 15 is 0 Å². The average Bonchev–Trinajstić information content (AvgIpc) is 2.46. The van der Waals surface area contributed by atoms with Crippen molar-refractivity contribution in [3.8, 4) is 5.75 Å². The van der Waals surface area contributed by atoms with Gasteiger partial charge in [-0.15, -0.1) is 0 Å². The Bertz CT molecular complexity index is 496. The van der Waals surface area contributed by atoms with E-state index in [-0.39, 0.29) is 12.3 Å². The summed E-state index contributed by atoms with van der Waals surface area (Å²) < 4.78 is 18.9. The highest BCUT2D eigenvalue weighted by Gasteiger charge is 2.30. The molecule has 0 amide bonds. The number of benzene rings is 1. The second-order valence-electron chi connectivity index (χ2n) is 5.40. The van der Waals surface area contributed by atoms with Gasteiger partial charge in [-0.05, 0) is 38.0 Å². The van der Waals surface area contributed by atoms with Gasteiger partial charge in [-0.2, -0.15) is 0 Å². The van der Waals surface area contributed by atoms with Gasteiger partial charge in [0.25, 0.3) is 0 Å². The Morgan fingerprint density at radius 1 is 1.35 bits per heavy atom. The van der Waals surface area contributed by atoms with Gasteiger partial charge in [0.15, 0.2) is 0 Å². The standard InChI is InChI=1S/C15H20FNO3/c1-11(17-19)13-9-12(16)5-6-14(13)20-10-15(18)7-3-2-4-8-15/h5-6,9,18-19H,2-4,7-8,10H2,1H3/b17-11-. The Morgan fingerprint density at radius 3 is 2.70 bits per heavy atom. The molecule has 0 unspecified atom stereocenters. The largest absolute Gasteiger partial charge is 0.490 e. The molecule has 1 aliphatic rings. The summed E-state index contributed by atoms with van der Waals surface area (Å²) in [5, 5.41) is 22.3.